The maximum absolute atomic E-state index is 11.7. The number of esters is 2. The minimum Gasteiger partial charge on any atom is -0.616 e. The van der Waals surface area contributed by atoms with Gasteiger partial charge in [0.05, 0.1) is 0 Å². The van der Waals surface area contributed by atoms with Gasteiger partial charge in [0, 0.05) is 12.8 Å². The van der Waals surface area contributed by atoms with Crippen LogP contribution in [0.15, 0.2) is 0 Å². The topological polar surface area (TPSA) is 98.7 Å². The molecule has 0 spiro atoms. The van der Waals surface area contributed by atoms with E-state index in [4.69, 9.17) is 9.47 Å². The van der Waals surface area contributed by atoms with E-state index in [-0.39, 0.29) is 12.8 Å². The molecule has 1 aliphatic rings. The van der Waals surface area contributed by atoms with E-state index in [1.54, 1.807) is 13.8 Å². The zero-order valence-corrected chi connectivity index (χ0v) is 13.3. The number of hydrogen-bond donors (Lipinski definition) is 0. The molecule has 1 aliphatic heterocycles. The van der Waals surface area contributed by atoms with E-state index in [1.807, 2.05) is 0 Å². The largest absolute Gasteiger partial charge is 0.616 e. The minimum absolute atomic E-state index is 0.207. The molecule has 4 unspecified atom stereocenters. The summed E-state index contributed by atoms with van der Waals surface area (Å²) in [5.41, 5.74) is 0. The Kier molecular flexibility index (Phi) is 7.71. The van der Waals surface area contributed by atoms with Crippen molar-refractivity contribution in [2.75, 3.05) is 23.0 Å². The van der Waals surface area contributed by atoms with Gasteiger partial charge in [-0.2, -0.15) is 0 Å². The molecular formula is C12H20O6S2. The second-order valence-electron chi connectivity index (χ2n) is 4.29. The van der Waals surface area contributed by atoms with Crippen molar-refractivity contribution in [1.82, 2.24) is 0 Å². The Hall–Kier alpha value is -0.440. The molecule has 0 aliphatic carbocycles. The lowest BCUT2D eigenvalue weighted by molar-refractivity contribution is -0.195. The molecular weight excluding hydrogens is 304 g/mol. The molecule has 20 heavy (non-hydrogen) atoms. The van der Waals surface area contributed by atoms with E-state index in [0.717, 1.165) is 0 Å². The lowest BCUT2D eigenvalue weighted by Gasteiger charge is -2.27. The average Bonchev–Trinajstić information content (AvgIpc) is 2.45. The van der Waals surface area contributed by atoms with Crippen LogP contribution in [0.1, 0.15) is 26.7 Å². The Morgan fingerprint density at radius 2 is 1.25 bits per heavy atom. The first-order chi connectivity index (χ1) is 9.47. The Balaban J connectivity index is 2.41. The molecule has 0 N–H and O–H groups in total. The highest BCUT2D eigenvalue weighted by Gasteiger charge is 2.38. The second kappa shape index (κ2) is 8.76. The fourth-order valence-electron chi connectivity index (χ4n) is 1.65. The normalized spacial score (nSPS) is 25.8. The first-order valence-corrected chi connectivity index (χ1v) is 9.56. The Morgan fingerprint density at radius 3 is 1.55 bits per heavy atom. The number of cyclic esters (lactones) is 2. The van der Waals surface area contributed by atoms with E-state index < -0.39 is 46.5 Å². The van der Waals surface area contributed by atoms with Gasteiger partial charge in [0.15, 0.2) is 0 Å². The lowest BCUT2D eigenvalue weighted by Crippen LogP contribution is -2.45. The van der Waals surface area contributed by atoms with Crippen LogP contribution in [0.2, 0.25) is 0 Å². The lowest BCUT2D eigenvalue weighted by atomic mass is 10.2. The van der Waals surface area contributed by atoms with Gasteiger partial charge in [-0.05, 0) is 13.8 Å². The molecule has 116 valence electrons. The molecule has 0 amide bonds. The number of ether oxygens (including phenoxy) is 2. The molecule has 1 heterocycles. The maximum atomic E-state index is 11.7. The molecule has 1 rings (SSSR count). The summed E-state index contributed by atoms with van der Waals surface area (Å²) < 4.78 is 32.7. The molecule has 0 aromatic carbocycles. The van der Waals surface area contributed by atoms with Crippen LogP contribution in [-0.2, 0) is 41.4 Å². The van der Waals surface area contributed by atoms with Crippen molar-refractivity contribution >= 4 is 34.3 Å². The summed E-state index contributed by atoms with van der Waals surface area (Å²) >= 11 is -2.03. The van der Waals surface area contributed by atoms with Crippen LogP contribution in [0.25, 0.3) is 0 Å². The van der Waals surface area contributed by atoms with Crippen molar-refractivity contribution in [2.24, 2.45) is 0 Å². The number of carbonyl (C=O) groups is 2. The van der Waals surface area contributed by atoms with E-state index in [0.29, 0.717) is 23.0 Å². The maximum Gasteiger partial charge on any atom is 0.348 e. The molecule has 8 heteroatoms. The minimum atomic E-state index is -1.01. The van der Waals surface area contributed by atoms with Gasteiger partial charge in [0.25, 0.3) is 0 Å². The Morgan fingerprint density at radius 1 is 0.900 bits per heavy atom. The van der Waals surface area contributed by atoms with E-state index >= 15 is 0 Å². The summed E-state index contributed by atoms with van der Waals surface area (Å²) in [6, 6.07) is 0. The van der Waals surface area contributed by atoms with Crippen molar-refractivity contribution in [3.05, 3.63) is 0 Å². The number of rotatable bonds is 8. The van der Waals surface area contributed by atoms with Crippen LogP contribution in [-0.4, -0.2) is 56.3 Å². The van der Waals surface area contributed by atoms with Gasteiger partial charge < -0.3 is 18.6 Å². The molecule has 6 nitrogen and oxygen atoms in total. The van der Waals surface area contributed by atoms with Crippen molar-refractivity contribution in [2.45, 2.75) is 38.9 Å². The molecule has 0 aromatic rings. The Bertz CT molecular complexity index is 306. The highest BCUT2D eigenvalue weighted by atomic mass is 32.2. The summed E-state index contributed by atoms with van der Waals surface area (Å²) in [7, 11) is 0. The molecule has 1 saturated heterocycles. The zero-order chi connectivity index (χ0) is 15.1. The smallest absolute Gasteiger partial charge is 0.348 e. The first-order valence-electron chi connectivity index (χ1n) is 6.58. The van der Waals surface area contributed by atoms with Crippen LogP contribution < -0.4 is 0 Å². The predicted molar refractivity (Wildman–Crippen MR) is 76.1 cm³/mol. The number of carbonyl (C=O) groups excluding carboxylic acids is 2. The molecule has 1 fully saturated rings. The van der Waals surface area contributed by atoms with E-state index in [2.05, 4.69) is 0 Å². The van der Waals surface area contributed by atoms with Crippen LogP contribution in [0.3, 0.4) is 0 Å². The van der Waals surface area contributed by atoms with Gasteiger partial charge in [-0.3, -0.25) is 0 Å². The van der Waals surface area contributed by atoms with Crippen LogP contribution >= 0.6 is 0 Å². The molecule has 0 radical (unpaired) electrons. The fourth-order valence-corrected chi connectivity index (χ4v) is 3.18. The predicted octanol–water partition coefficient (Wildman–Crippen LogP) is 0.141. The highest BCUT2D eigenvalue weighted by Crippen LogP contribution is 2.17. The van der Waals surface area contributed by atoms with Crippen molar-refractivity contribution < 1.29 is 28.2 Å². The molecule has 0 bridgehead atoms. The average molecular weight is 324 g/mol. The third kappa shape index (κ3) is 5.51. The van der Waals surface area contributed by atoms with Crippen molar-refractivity contribution in [1.29, 1.82) is 0 Å². The van der Waals surface area contributed by atoms with Gasteiger partial charge in [0.2, 0.25) is 12.2 Å². The molecule has 0 aromatic heterocycles. The van der Waals surface area contributed by atoms with Gasteiger partial charge in [-0.25, -0.2) is 9.59 Å². The first kappa shape index (κ1) is 17.6. The van der Waals surface area contributed by atoms with E-state index in [1.165, 1.54) is 0 Å². The zero-order valence-electron chi connectivity index (χ0n) is 11.7. The SMILES string of the molecule is CC[S+]([O-])CCC1OC(=O)C(CC[S+]([O-])CC)OC1=O. The van der Waals surface area contributed by atoms with Crippen LogP contribution in [0.4, 0.5) is 0 Å². The summed E-state index contributed by atoms with van der Waals surface area (Å²) in [6.07, 6.45) is -1.52. The number of hydrogen-bond acceptors (Lipinski definition) is 6. The van der Waals surface area contributed by atoms with Crippen molar-refractivity contribution in [3.8, 4) is 0 Å². The highest BCUT2D eigenvalue weighted by molar-refractivity contribution is 7.91. The third-order valence-corrected chi connectivity index (χ3v) is 5.57. The van der Waals surface area contributed by atoms with Crippen LogP contribution in [0.5, 0.6) is 0 Å². The third-order valence-electron chi connectivity index (χ3n) is 2.90. The van der Waals surface area contributed by atoms with Gasteiger partial charge in [0.1, 0.15) is 23.0 Å². The van der Waals surface area contributed by atoms with Gasteiger partial charge in [-0.1, -0.05) is 22.4 Å². The Labute approximate surface area is 124 Å². The van der Waals surface area contributed by atoms with Crippen LogP contribution in [0, 0.1) is 0 Å². The van der Waals surface area contributed by atoms with Gasteiger partial charge in [-0.15, -0.1) is 0 Å². The van der Waals surface area contributed by atoms with Crippen molar-refractivity contribution in [3.63, 3.8) is 0 Å². The molecule has 4 atom stereocenters. The summed E-state index contributed by atoms with van der Waals surface area (Å²) in [4.78, 5) is 23.4. The van der Waals surface area contributed by atoms with E-state index in [9.17, 15) is 18.7 Å². The quantitative estimate of drug-likeness (QED) is 0.465. The standard InChI is InChI=1S/C12H20O6S2/c1-3-19(15)7-5-9-11(13)18-10(12(14)17-9)6-8-20(16)4-2/h9-10H,3-8H2,1-2H3. The summed E-state index contributed by atoms with van der Waals surface area (Å²) in [5.74, 6) is 0.389. The monoisotopic (exact) mass is 324 g/mol. The summed E-state index contributed by atoms with van der Waals surface area (Å²) in [6.45, 7) is 3.57. The van der Waals surface area contributed by atoms with Gasteiger partial charge >= 0.3 is 11.9 Å². The second-order valence-corrected chi connectivity index (χ2v) is 8.02. The summed E-state index contributed by atoms with van der Waals surface area (Å²) in [5, 5.41) is 0. The molecule has 0 saturated carbocycles. The fraction of sp³-hybridized carbons (Fsp3) is 0.833.